The van der Waals surface area contributed by atoms with Gasteiger partial charge in [-0.05, 0) is 48.9 Å². The van der Waals surface area contributed by atoms with E-state index in [1.807, 2.05) is 0 Å². The van der Waals surface area contributed by atoms with Gasteiger partial charge in [0.05, 0.1) is 10.6 Å². The number of carboxylic acid groups (broad SMARTS) is 1. The molecule has 0 aliphatic heterocycles. The number of nitrogens with zero attached hydrogens (tertiary/aromatic N) is 2. The van der Waals surface area contributed by atoms with Crippen LogP contribution in [0.25, 0.3) is 0 Å². The van der Waals surface area contributed by atoms with Gasteiger partial charge < -0.3 is 9.84 Å². The van der Waals surface area contributed by atoms with Gasteiger partial charge >= 0.3 is 5.97 Å². The summed E-state index contributed by atoms with van der Waals surface area (Å²) in [6.45, 7) is 1.44. The van der Waals surface area contributed by atoms with Crippen molar-refractivity contribution in [1.82, 2.24) is 0 Å². The summed E-state index contributed by atoms with van der Waals surface area (Å²) < 4.78 is 5.22. The summed E-state index contributed by atoms with van der Waals surface area (Å²) in [4.78, 5) is 25.1. The van der Waals surface area contributed by atoms with E-state index in [1.54, 1.807) is 30.3 Å². The van der Waals surface area contributed by atoms with Gasteiger partial charge in [0.25, 0.3) is 5.69 Å². The Bertz CT molecular complexity index is 790. The molecule has 0 saturated heterocycles. The number of carboxylic acids is 1. The molecule has 24 heavy (non-hydrogen) atoms. The van der Waals surface area contributed by atoms with E-state index in [1.165, 1.54) is 25.3 Å². The molecule has 2 rings (SSSR count). The highest BCUT2D eigenvalue weighted by atomic mass is 35.5. The maximum absolute atomic E-state index is 10.8. The van der Waals surface area contributed by atoms with E-state index in [0.29, 0.717) is 11.4 Å². The van der Waals surface area contributed by atoms with Gasteiger partial charge in [-0.15, -0.1) is 0 Å². The van der Waals surface area contributed by atoms with E-state index < -0.39 is 17.0 Å². The molecule has 0 saturated carbocycles. The molecular weight excluding hydrogens is 336 g/mol. The average molecular weight is 349 g/mol. The van der Waals surface area contributed by atoms with Gasteiger partial charge in [0, 0.05) is 12.3 Å². The molecule has 0 aromatic heterocycles. The summed E-state index contributed by atoms with van der Waals surface area (Å²) in [5.41, 5.74) is 0.909. The number of aliphatic carboxylic acids is 1. The smallest absolute Gasteiger partial charge is 0.344 e. The molecule has 0 spiro atoms. The van der Waals surface area contributed by atoms with Crippen LogP contribution in [0.4, 0.5) is 11.4 Å². The van der Waals surface area contributed by atoms with Crippen molar-refractivity contribution >= 4 is 35.2 Å². The van der Waals surface area contributed by atoms with Crippen LogP contribution < -0.4 is 4.74 Å². The molecule has 0 heterocycles. The second-order valence-electron chi connectivity index (χ2n) is 4.82. The van der Waals surface area contributed by atoms with Crippen molar-refractivity contribution in [3.05, 3.63) is 63.2 Å². The highest BCUT2D eigenvalue weighted by molar-refractivity contribution is 6.32. The van der Waals surface area contributed by atoms with Crippen molar-refractivity contribution in [1.29, 1.82) is 0 Å². The van der Waals surface area contributed by atoms with E-state index in [4.69, 9.17) is 21.4 Å². The Labute approximate surface area is 142 Å². The Morgan fingerprint density at radius 3 is 2.58 bits per heavy atom. The Hall–Kier alpha value is -2.93. The van der Waals surface area contributed by atoms with Crippen molar-refractivity contribution in [3.8, 4) is 5.75 Å². The maximum atomic E-state index is 10.8. The zero-order valence-corrected chi connectivity index (χ0v) is 13.3. The molecule has 0 amide bonds. The number of nitro groups is 1. The number of halogens is 1. The van der Waals surface area contributed by atoms with Gasteiger partial charge in [0.2, 0.25) is 0 Å². The summed E-state index contributed by atoms with van der Waals surface area (Å²) in [6, 6.07) is 10.9. The van der Waals surface area contributed by atoms with Crippen LogP contribution >= 0.6 is 11.6 Å². The molecule has 0 bridgehead atoms. The predicted molar refractivity (Wildman–Crippen MR) is 89.5 cm³/mol. The molecule has 7 nitrogen and oxygen atoms in total. The lowest BCUT2D eigenvalue weighted by molar-refractivity contribution is -0.384. The summed E-state index contributed by atoms with van der Waals surface area (Å²) in [5, 5.41) is 19.7. The fourth-order valence-electron chi connectivity index (χ4n) is 1.76. The standard InChI is InChI=1S/C16H13ClN2O5/c1-10(16(20)21)24-13-5-2-11(3-6-13)9-18-12-4-7-14(17)15(8-12)19(22)23/h2-10H,1H3,(H,20,21)/t10-/m1/s1. The molecule has 8 heteroatoms. The van der Waals surface area contributed by atoms with Crippen molar-refractivity contribution in [2.75, 3.05) is 0 Å². The Balaban J connectivity index is 2.11. The van der Waals surface area contributed by atoms with Crippen LogP contribution in [-0.2, 0) is 4.79 Å². The average Bonchev–Trinajstić information content (AvgIpc) is 2.55. The number of rotatable bonds is 6. The molecule has 0 aliphatic rings. The highest BCUT2D eigenvalue weighted by Crippen LogP contribution is 2.28. The molecule has 2 aromatic carbocycles. The zero-order chi connectivity index (χ0) is 17.7. The summed E-state index contributed by atoms with van der Waals surface area (Å²) in [6.07, 6.45) is 0.580. The van der Waals surface area contributed by atoms with Crippen molar-refractivity contribution in [3.63, 3.8) is 0 Å². The number of hydrogen-bond donors (Lipinski definition) is 1. The van der Waals surface area contributed by atoms with E-state index >= 15 is 0 Å². The van der Waals surface area contributed by atoms with Crippen LogP contribution in [0.1, 0.15) is 12.5 Å². The minimum Gasteiger partial charge on any atom is -0.479 e. The first-order chi connectivity index (χ1) is 11.4. The summed E-state index contributed by atoms with van der Waals surface area (Å²) in [7, 11) is 0. The van der Waals surface area contributed by atoms with E-state index in [-0.39, 0.29) is 10.7 Å². The lowest BCUT2D eigenvalue weighted by Gasteiger charge is -2.09. The second-order valence-corrected chi connectivity index (χ2v) is 5.23. The summed E-state index contributed by atoms with van der Waals surface area (Å²) >= 11 is 5.74. The van der Waals surface area contributed by atoms with Crippen LogP contribution in [0.2, 0.25) is 5.02 Å². The number of carbonyl (C=O) groups is 1. The van der Waals surface area contributed by atoms with Gasteiger partial charge in [-0.2, -0.15) is 0 Å². The third-order valence-electron chi connectivity index (χ3n) is 3.03. The summed E-state index contributed by atoms with van der Waals surface area (Å²) in [5.74, 6) is -0.630. The molecule has 124 valence electrons. The van der Waals surface area contributed by atoms with Gasteiger partial charge in [0.1, 0.15) is 10.8 Å². The van der Waals surface area contributed by atoms with Crippen molar-refractivity contribution in [2.45, 2.75) is 13.0 Å². The monoisotopic (exact) mass is 348 g/mol. The van der Waals surface area contributed by atoms with Gasteiger partial charge in [0.15, 0.2) is 6.10 Å². The Morgan fingerprint density at radius 2 is 2.00 bits per heavy atom. The quantitative estimate of drug-likeness (QED) is 0.485. The number of benzene rings is 2. The van der Waals surface area contributed by atoms with Gasteiger partial charge in [-0.3, -0.25) is 15.1 Å². The minimum atomic E-state index is -1.05. The van der Waals surface area contributed by atoms with Crippen LogP contribution in [0, 0.1) is 10.1 Å². The van der Waals surface area contributed by atoms with Crippen LogP contribution in [0.3, 0.4) is 0 Å². The van der Waals surface area contributed by atoms with Crippen LogP contribution in [0.15, 0.2) is 47.5 Å². The first-order valence-electron chi connectivity index (χ1n) is 6.84. The topological polar surface area (TPSA) is 102 Å². The molecule has 0 aliphatic carbocycles. The van der Waals surface area contributed by atoms with Crippen molar-refractivity contribution < 1.29 is 19.6 Å². The third kappa shape index (κ3) is 4.53. The molecular formula is C16H13ClN2O5. The predicted octanol–water partition coefficient (Wildman–Crippen LogP) is 3.85. The number of nitro benzene ring substituents is 1. The van der Waals surface area contributed by atoms with Gasteiger partial charge in [-0.25, -0.2) is 4.79 Å². The molecule has 1 N–H and O–H groups in total. The SMILES string of the molecule is C[C@@H](Oc1ccc(C=Nc2ccc(Cl)c([N+](=O)[O-])c2)cc1)C(=O)O. The number of aliphatic imine (C=N–C) groups is 1. The minimum absolute atomic E-state index is 0.0491. The van der Waals surface area contributed by atoms with E-state index in [9.17, 15) is 14.9 Å². The van der Waals surface area contributed by atoms with Crippen LogP contribution in [-0.4, -0.2) is 28.3 Å². The molecule has 0 fully saturated rings. The second kappa shape index (κ2) is 7.56. The fraction of sp³-hybridized carbons (Fsp3) is 0.125. The van der Waals surface area contributed by atoms with E-state index in [2.05, 4.69) is 4.99 Å². The normalized spacial score (nSPS) is 12.1. The van der Waals surface area contributed by atoms with Gasteiger partial charge in [-0.1, -0.05) is 11.6 Å². The first kappa shape index (κ1) is 17.4. The first-order valence-corrected chi connectivity index (χ1v) is 7.22. The fourth-order valence-corrected chi connectivity index (χ4v) is 1.94. The number of hydrogen-bond acceptors (Lipinski definition) is 5. The number of ether oxygens (including phenoxy) is 1. The molecule has 0 unspecified atom stereocenters. The van der Waals surface area contributed by atoms with E-state index in [0.717, 1.165) is 5.56 Å². The molecule has 0 radical (unpaired) electrons. The van der Waals surface area contributed by atoms with Crippen molar-refractivity contribution in [2.24, 2.45) is 4.99 Å². The Kier molecular flexibility index (Phi) is 5.49. The molecule has 1 atom stereocenters. The maximum Gasteiger partial charge on any atom is 0.344 e. The lowest BCUT2D eigenvalue weighted by atomic mass is 10.2. The third-order valence-corrected chi connectivity index (χ3v) is 3.35. The largest absolute Gasteiger partial charge is 0.479 e. The zero-order valence-electron chi connectivity index (χ0n) is 12.5. The molecule has 2 aromatic rings. The van der Waals surface area contributed by atoms with Crippen LogP contribution in [0.5, 0.6) is 5.75 Å². The lowest BCUT2D eigenvalue weighted by Crippen LogP contribution is -2.22. The Morgan fingerprint density at radius 1 is 1.33 bits per heavy atom. The highest BCUT2D eigenvalue weighted by Gasteiger charge is 2.13.